The van der Waals surface area contributed by atoms with Gasteiger partial charge in [0.15, 0.2) is 0 Å². The third-order valence-corrected chi connectivity index (χ3v) is 3.30. The topological polar surface area (TPSA) is 43.4 Å². The summed E-state index contributed by atoms with van der Waals surface area (Å²) in [6.45, 7) is 2.18. The van der Waals surface area contributed by atoms with Gasteiger partial charge in [0.2, 0.25) is 0 Å². The number of rotatable bonds is 3. The van der Waals surface area contributed by atoms with Crippen molar-refractivity contribution in [2.75, 3.05) is 6.61 Å². The number of fused-ring (bicyclic) bond motifs is 1. The number of ether oxygens (including phenoxy) is 1. The van der Waals surface area contributed by atoms with Gasteiger partial charge in [-0.3, -0.25) is 9.59 Å². The fraction of sp³-hybridized carbons (Fsp3) is 0.294. The van der Waals surface area contributed by atoms with Crippen LogP contribution in [0.3, 0.4) is 0 Å². The van der Waals surface area contributed by atoms with Crippen molar-refractivity contribution in [3.8, 4) is 0 Å². The summed E-state index contributed by atoms with van der Waals surface area (Å²) in [6.07, 6.45) is 16.4. The van der Waals surface area contributed by atoms with E-state index in [4.69, 9.17) is 4.74 Å². The first-order valence-electron chi connectivity index (χ1n) is 6.83. The van der Waals surface area contributed by atoms with E-state index in [9.17, 15) is 9.59 Å². The second-order valence-corrected chi connectivity index (χ2v) is 4.69. The molecule has 0 aliphatic heterocycles. The molecule has 0 aromatic rings. The third kappa shape index (κ3) is 5.41. The molecular weight excluding hydrogens is 308 g/mol. The Bertz CT molecular complexity index is 331. The van der Waals surface area contributed by atoms with E-state index < -0.39 is 0 Å². The molecule has 0 spiro atoms. The van der Waals surface area contributed by atoms with Crippen LogP contribution in [0.5, 0.6) is 0 Å². The van der Waals surface area contributed by atoms with E-state index in [-0.39, 0.29) is 34.7 Å². The summed E-state index contributed by atoms with van der Waals surface area (Å²) >= 11 is 0. The van der Waals surface area contributed by atoms with Crippen molar-refractivity contribution in [3.63, 3.8) is 0 Å². The summed E-state index contributed by atoms with van der Waals surface area (Å²) in [7, 11) is 0. The molecule has 3 aliphatic rings. The fourth-order valence-electron chi connectivity index (χ4n) is 2.41. The van der Waals surface area contributed by atoms with E-state index in [1.807, 2.05) is 51.4 Å². The Balaban J connectivity index is 0.000000313. The number of hydrogen-bond acceptors (Lipinski definition) is 3. The summed E-state index contributed by atoms with van der Waals surface area (Å²) in [5.74, 6) is 1.74. The Hall–Kier alpha value is -0.341. The molecule has 0 unspecified atom stereocenters. The SMILES string of the molecule is CCOC(=O)C[C@H]1CC(=O)[C]2[CH][CH][CH][C]21.[CH]1[CH][CH][CH][CH]1.[Fe+2]. The molecule has 3 saturated carbocycles. The van der Waals surface area contributed by atoms with Crippen molar-refractivity contribution in [2.24, 2.45) is 5.92 Å². The summed E-state index contributed by atoms with van der Waals surface area (Å²) in [5.41, 5.74) is 0. The van der Waals surface area contributed by atoms with Crippen LogP contribution in [0.15, 0.2) is 0 Å². The minimum absolute atomic E-state index is 0. The molecule has 0 N–H and O–H groups in total. The maximum Gasteiger partial charge on any atom is 2.00 e. The molecular formula is C17H18FeO3+2. The van der Waals surface area contributed by atoms with Crippen molar-refractivity contribution >= 4 is 11.8 Å². The van der Waals surface area contributed by atoms with Gasteiger partial charge in [0.25, 0.3) is 0 Å². The van der Waals surface area contributed by atoms with Crippen molar-refractivity contribution in [1.82, 2.24) is 0 Å². The molecule has 3 fully saturated rings. The summed E-state index contributed by atoms with van der Waals surface area (Å²) in [5, 5.41) is 0. The number of hydrogen-bond donors (Lipinski definition) is 0. The first-order valence-corrected chi connectivity index (χ1v) is 6.83. The van der Waals surface area contributed by atoms with Gasteiger partial charge in [-0.05, 0) is 70.1 Å². The quantitative estimate of drug-likeness (QED) is 0.591. The van der Waals surface area contributed by atoms with E-state index in [0.717, 1.165) is 11.8 Å². The molecule has 0 saturated heterocycles. The monoisotopic (exact) mass is 326 g/mol. The number of Topliss-reactive ketones (excluding diaryl/α,β-unsaturated/α-hetero) is 1. The Morgan fingerprint density at radius 3 is 2.33 bits per heavy atom. The van der Waals surface area contributed by atoms with Crippen LogP contribution in [0.25, 0.3) is 0 Å². The summed E-state index contributed by atoms with van der Waals surface area (Å²) in [6, 6.07) is 0. The van der Waals surface area contributed by atoms with Crippen molar-refractivity contribution in [2.45, 2.75) is 19.8 Å². The Labute approximate surface area is 139 Å². The summed E-state index contributed by atoms with van der Waals surface area (Å²) < 4.78 is 4.88. The molecule has 0 amide bonds. The Kier molecular flexibility index (Phi) is 8.58. The standard InChI is InChI=1S/C12H13O3.C5H5.Fe/c1-2-15-12(14)7-8-6-11(13)10-5-3-4-9(8)10;1-2-4-5-3-1;/h3-5,8H,2,6-7H2,1H3;1-5H;/q;;+2/t8-;;/m1../s1. The average molecular weight is 326 g/mol. The molecule has 0 bridgehead atoms. The van der Waals surface area contributed by atoms with Gasteiger partial charge in [-0.1, -0.05) is 0 Å². The van der Waals surface area contributed by atoms with Crippen molar-refractivity contribution < 1.29 is 31.4 Å². The molecule has 3 rings (SSSR count). The van der Waals surface area contributed by atoms with Gasteiger partial charge >= 0.3 is 23.0 Å². The minimum atomic E-state index is -0.218. The zero-order valence-electron chi connectivity index (χ0n) is 11.9. The first kappa shape index (κ1) is 18.7. The van der Waals surface area contributed by atoms with Crippen LogP contribution in [-0.4, -0.2) is 18.4 Å². The van der Waals surface area contributed by atoms with Crippen LogP contribution in [0.4, 0.5) is 0 Å². The predicted molar refractivity (Wildman–Crippen MR) is 75.3 cm³/mol. The van der Waals surface area contributed by atoms with Crippen LogP contribution >= 0.6 is 0 Å². The second-order valence-electron chi connectivity index (χ2n) is 4.69. The number of ketones is 1. The predicted octanol–water partition coefficient (Wildman–Crippen LogP) is 2.32. The average Bonchev–Trinajstić information content (AvgIpc) is 3.14. The van der Waals surface area contributed by atoms with Gasteiger partial charge in [-0.15, -0.1) is 0 Å². The molecule has 3 aliphatic carbocycles. The van der Waals surface area contributed by atoms with Crippen molar-refractivity contribution in [3.05, 3.63) is 63.2 Å². The maximum absolute atomic E-state index is 11.5. The zero-order valence-corrected chi connectivity index (χ0v) is 13.0. The largest absolute Gasteiger partial charge is 2.00 e. The smallest absolute Gasteiger partial charge is 0.466 e. The van der Waals surface area contributed by atoms with Gasteiger partial charge in [0.1, 0.15) is 5.78 Å². The van der Waals surface area contributed by atoms with Crippen LogP contribution < -0.4 is 0 Å². The molecule has 0 aromatic heterocycles. The molecule has 21 heavy (non-hydrogen) atoms. The molecule has 3 nitrogen and oxygen atoms in total. The van der Waals surface area contributed by atoms with Gasteiger partial charge in [-0.2, -0.15) is 0 Å². The Morgan fingerprint density at radius 2 is 1.76 bits per heavy atom. The second kappa shape index (κ2) is 9.63. The zero-order chi connectivity index (χ0) is 14.4. The van der Waals surface area contributed by atoms with Crippen LogP contribution in [0.2, 0.25) is 0 Å². The van der Waals surface area contributed by atoms with E-state index in [0.29, 0.717) is 19.4 Å². The molecule has 110 valence electrons. The van der Waals surface area contributed by atoms with Gasteiger partial charge in [0.05, 0.1) is 12.5 Å². The van der Waals surface area contributed by atoms with Gasteiger partial charge < -0.3 is 4.74 Å². The van der Waals surface area contributed by atoms with Crippen LogP contribution in [0, 0.1) is 69.1 Å². The first-order chi connectivity index (χ1) is 9.72. The third-order valence-electron chi connectivity index (χ3n) is 3.30. The fourth-order valence-corrected chi connectivity index (χ4v) is 2.41. The van der Waals surface area contributed by atoms with Crippen LogP contribution in [-0.2, 0) is 31.4 Å². The van der Waals surface area contributed by atoms with E-state index in [2.05, 4.69) is 0 Å². The normalized spacial score (nSPS) is 25.0. The maximum atomic E-state index is 11.5. The van der Waals surface area contributed by atoms with Gasteiger partial charge in [-0.25, -0.2) is 0 Å². The number of carbonyl (C=O) groups is 2. The molecule has 0 aromatic carbocycles. The molecule has 1 atom stereocenters. The number of carbonyl (C=O) groups excluding carboxylic acids is 2. The van der Waals surface area contributed by atoms with Crippen LogP contribution in [0.1, 0.15) is 19.8 Å². The molecule has 10 radical (unpaired) electrons. The minimum Gasteiger partial charge on any atom is -0.466 e. The number of esters is 1. The Morgan fingerprint density at radius 1 is 1.14 bits per heavy atom. The molecule has 0 heterocycles. The van der Waals surface area contributed by atoms with Crippen molar-refractivity contribution in [1.29, 1.82) is 0 Å². The van der Waals surface area contributed by atoms with E-state index >= 15 is 0 Å². The molecule has 4 heteroatoms. The van der Waals surface area contributed by atoms with Gasteiger partial charge in [0, 0.05) is 12.8 Å². The van der Waals surface area contributed by atoms with E-state index in [1.165, 1.54) is 0 Å². The summed E-state index contributed by atoms with van der Waals surface area (Å²) in [4.78, 5) is 22.8. The van der Waals surface area contributed by atoms with E-state index in [1.54, 1.807) is 6.92 Å².